The molecule has 7 heteroatoms. The lowest BCUT2D eigenvalue weighted by molar-refractivity contribution is -0.113. The summed E-state index contributed by atoms with van der Waals surface area (Å²) in [6, 6.07) is 12.6. The van der Waals surface area contributed by atoms with Gasteiger partial charge in [-0.05, 0) is 51.0 Å². The van der Waals surface area contributed by atoms with E-state index in [1.165, 1.54) is 27.8 Å². The summed E-state index contributed by atoms with van der Waals surface area (Å²) in [6.07, 6.45) is 0. The van der Waals surface area contributed by atoms with E-state index < -0.39 is 0 Å². The highest BCUT2D eigenvalue weighted by Gasteiger charge is 2.13. The Morgan fingerprint density at radius 2 is 1.62 bits per heavy atom. The van der Waals surface area contributed by atoms with E-state index in [1.807, 2.05) is 25.5 Å². The number of carbonyl (C=O) groups excluding carboxylic acids is 1. The zero-order valence-electron chi connectivity index (χ0n) is 17.4. The number of aromatic nitrogens is 3. The second-order valence-electron chi connectivity index (χ2n) is 7.17. The minimum absolute atomic E-state index is 0.0383. The minimum atomic E-state index is -0.0383. The van der Waals surface area contributed by atoms with Crippen LogP contribution >= 0.6 is 23.5 Å². The van der Waals surface area contributed by atoms with Gasteiger partial charge in [-0.25, -0.2) is 0 Å². The SMILES string of the molecule is Cc1ccc(SCc2nnc(SCC(=O)Nc3c(C)cc(C)cc3C)n2C)cc1. The maximum absolute atomic E-state index is 12.4. The quantitative estimate of drug-likeness (QED) is 0.534. The highest BCUT2D eigenvalue weighted by Crippen LogP contribution is 2.25. The Hall–Kier alpha value is -2.25. The molecule has 0 atom stereocenters. The van der Waals surface area contributed by atoms with Crippen LogP contribution in [0.1, 0.15) is 28.1 Å². The van der Waals surface area contributed by atoms with Crippen molar-refractivity contribution >= 4 is 35.1 Å². The fourth-order valence-electron chi connectivity index (χ4n) is 3.06. The van der Waals surface area contributed by atoms with Crippen molar-refractivity contribution in [1.29, 1.82) is 0 Å². The Bertz CT molecular complexity index is 989. The maximum atomic E-state index is 12.4. The molecule has 0 unspecified atom stereocenters. The second kappa shape index (κ2) is 9.50. The monoisotopic (exact) mass is 426 g/mol. The molecule has 0 bridgehead atoms. The van der Waals surface area contributed by atoms with Gasteiger partial charge >= 0.3 is 0 Å². The number of carbonyl (C=O) groups is 1. The summed E-state index contributed by atoms with van der Waals surface area (Å²) < 4.78 is 1.96. The van der Waals surface area contributed by atoms with Crippen LogP contribution in [0, 0.1) is 27.7 Å². The van der Waals surface area contributed by atoms with Gasteiger partial charge in [0.2, 0.25) is 5.91 Å². The number of amides is 1. The summed E-state index contributed by atoms with van der Waals surface area (Å²) in [5.41, 5.74) is 5.50. The first-order chi connectivity index (χ1) is 13.8. The van der Waals surface area contributed by atoms with E-state index in [9.17, 15) is 4.79 Å². The molecule has 29 heavy (non-hydrogen) atoms. The molecule has 152 valence electrons. The largest absolute Gasteiger partial charge is 0.325 e. The number of thioether (sulfide) groups is 2. The van der Waals surface area contributed by atoms with E-state index in [4.69, 9.17) is 0 Å². The Morgan fingerprint density at radius 1 is 0.966 bits per heavy atom. The van der Waals surface area contributed by atoms with Crippen molar-refractivity contribution in [3.05, 3.63) is 64.5 Å². The van der Waals surface area contributed by atoms with Gasteiger partial charge in [-0.15, -0.1) is 22.0 Å². The maximum Gasteiger partial charge on any atom is 0.234 e. The molecule has 3 rings (SSSR count). The molecule has 1 amide bonds. The zero-order chi connectivity index (χ0) is 21.0. The van der Waals surface area contributed by atoms with Crippen molar-refractivity contribution in [2.24, 2.45) is 7.05 Å². The summed E-state index contributed by atoms with van der Waals surface area (Å²) in [4.78, 5) is 13.6. The fraction of sp³-hybridized carbons (Fsp3) is 0.318. The molecule has 0 radical (unpaired) electrons. The molecule has 0 spiro atoms. The van der Waals surface area contributed by atoms with Crippen LogP contribution in [0.3, 0.4) is 0 Å². The van der Waals surface area contributed by atoms with Gasteiger partial charge in [-0.2, -0.15) is 0 Å². The van der Waals surface area contributed by atoms with E-state index in [0.717, 1.165) is 33.5 Å². The van der Waals surface area contributed by atoms with Crippen molar-refractivity contribution in [3.63, 3.8) is 0 Å². The molecule has 0 saturated heterocycles. The van der Waals surface area contributed by atoms with Crippen molar-refractivity contribution in [3.8, 4) is 0 Å². The molecule has 0 aliphatic heterocycles. The standard InChI is InChI=1S/C22H26N4OS2/c1-14-6-8-18(9-7-14)28-12-19-24-25-22(26(19)5)29-13-20(27)23-21-16(3)10-15(2)11-17(21)4/h6-11H,12-13H2,1-5H3,(H,23,27). The Labute approximate surface area is 180 Å². The van der Waals surface area contributed by atoms with Crippen molar-refractivity contribution in [2.45, 2.75) is 43.5 Å². The third-order valence-corrected chi connectivity index (χ3v) is 6.62. The number of anilines is 1. The lowest BCUT2D eigenvalue weighted by Crippen LogP contribution is -2.16. The number of hydrogen-bond acceptors (Lipinski definition) is 5. The number of benzene rings is 2. The molecule has 1 aromatic heterocycles. The normalized spacial score (nSPS) is 10.9. The average molecular weight is 427 g/mol. The highest BCUT2D eigenvalue weighted by molar-refractivity contribution is 7.99. The summed E-state index contributed by atoms with van der Waals surface area (Å²) in [5.74, 6) is 1.89. The van der Waals surface area contributed by atoms with Gasteiger partial charge in [-0.1, -0.05) is 47.2 Å². The molecule has 5 nitrogen and oxygen atoms in total. The summed E-state index contributed by atoms with van der Waals surface area (Å²) in [6.45, 7) is 8.18. The van der Waals surface area contributed by atoms with Gasteiger partial charge < -0.3 is 9.88 Å². The second-order valence-corrected chi connectivity index (χ2v) is 9.16. The molecule has 0 aliphatic carbocycles. The molecule has 3 aromatic rings. The van der Waals surface area contributed by atoms with Crippen LogP contribution in [0.2, 0.25) is 0 Å². The predicted molar refractivity (Wildman–Crippen MR) is 122 cm³/mol. The van der Waals surface area contributed by atoms with Crippen molar-refractivity contribution in [1.82, 2.24) is 14.8 Å². The molecule has 0 saturated carbocycles. The number of hydrogen-bond donors (Lipinski definition) is 1. The Kier molecular flexibility index (Phi) is 7.03. The number of rotatable bonds is 7. The van der Waals surface area contributed by atoms with E-state index in [2.05, 4.69) is 65.8 Å². The summed E-state index contributed by atoms with van der Waals surface area (Å²) in [7, 11) is 1.94. The highest BCUT2D eigenvalue weighted by atomic mass is 32.2. The Balaban J connectivity index is 1.56. The van der Waals surface area contributed by atoms with E-state index >= 15 is 0 Å². The van der Waals surface area contributed by atoms with Crippen LogP contribution in [0.15, 0.2) is 46.5 Å². The Morgan fingerprint density at radius 3 is 2.28 bits per heavy atom. The van der Waals surface area contributed by atoms with E-state index in [0.29, 0.717) is 5.75 Å². The smallest absolute Gasteiger partial charge is 0.234 e. The van der Waals surface area contributed by atoms with Gasteiger partial charge in [0.05, 0.1) is 11.5 Å². The van der Waals surface area contributed by atoms with Gasteiger partial charge in [0.25, 0.3) is 0 Å². The van der Waals surface area contributed by atoms with Gasteiger partial charge in [-0.3, -0.25) is 4.79 Å². The fourth-order valence-corrected chi connectivity index (χ4v) is 4.67. The molecule has 2 aromatic carbocycles. The lowest BCUT2D eigenvalue weighted by Gasteiger charge is -2.12. The average Bonchev–Trinajstić information content (AvgIpc) is 3.02. The summed E-state index contributed by atoms with van der Waals surface area (Å²) in [5, 5.41) is 12.3. The topological polar surface area (TPSA) is 59.8 Å². The zero-order valence-corrected chi connectivity index (χ0v) is 19.1. The summed E-state index contributed by atoms with van der Waals surface area (Å²) >= 11 is 3.13. The first kappa shape index (κ1) is 21.5. The van der Waals surface area contributed by atoms with Crippen LogP contribution < -0.4 is 5.32 Å². The van der Waals surface area contributed by atoms with Gasteiger partial charge in [0, 0.05) is 17.6 Å². The number of nitrogens with one attached hydrogen (secondary N) is 1. The van der Waals surface area contributed by atoms with Crippen LogP contribution in [0.4, 0.5) is 5.69 Å². The van der Waals surface area contributed by atoms with Crippen molar-refractivity contribution < 1.29 is 4.79 Å². The van der Waals surface area contributed by atoms with Gasteiger partial charge in [0.15, 0.2) is 5.16 Å². The molecular weight excluding hydrogens is 400 g/mol. The van der Waals surface area contributed by atoms with Crippen LogP contribution in [-0.4, -0.2) is 26.4 Å². The van der Waals surface area contributed by atoms with Crippen LogP contribution in [-0.2, 0) is 17.6 Å². The number of aryl methyl sites for hydroxylation is 4. The minimum Gasteiger partial charge on any atom is -0.325 e. The third-order valence-electron chi connectivity index (χ3n) is 4.59. The molecule has 1 N–H and O–H groups in total. The van der Waals surface area contributed by atoms with Crippen LogP contribution in [0.5, 0.6) is 0 Å². The van der Waals surface area contributed by atoms with E-state index in [-0.39, 0.29) is 5.91 Å². The molecule has 0 aliphatic rings. The van der Waals surface area contributed by atoms with Gasteiger partial charge in [0.1, 0.15) is 5.82 Å². The molecule has 0 fully saturated rings. The van der Waals surface area contributed by atoms with Crippen molar-refractivity contribution in [2.75, 3.05) is 11.1 Å². The first-order valence-electron chi connectivity index (χ1n) is 9.41. The van der Waals surface area contributed by atoms with Crippen LogP contribution in [0.25, 0.3) is 0 Å². The molecular formula is C22H26N4OS2. The number of nitrogens with zero attached hydrogens (tertiary/aromatic N) is 3. The predicted octanol–water partition coefficient (Wildman–Crippen LogP) is 5.07. The first-order valence-corrected chi connectivity index (χ1v) is 11.4. The van der Waals surface area contributed by atoms with E-state index in [1.54, 1.807) is 11.8 Å². The lowest BCUT2D eigenvalue weighted by atomic mass is 10.1. The third kappa shape index (κ3) is 5.64. The molecule has 1 heterocycles.